The van der Waals surface area contributed by atoms with Crippen LogP contribution in [-0.4, -0.2) is 11.0 Å². The van der Waals surface area contributed by atoms with Crippen LogP contribution in [0.5, 0.6) is 0 Å². The SMILES string of the molecule is O=C(NCc1ccccc1)C(O)c1ccccc1F. The Morgan fingerprint density at radius 3 is 2.42 bits per heavy atom. The highest BCUT2D eigenvalue weighted by molar-refractivity contribution is 5.81. The minimum Gasteiger partial charge on any atom is -0.378 e. The molecule has 0 aromatic heterocycles. The Hall–Kier alpha value is -2.20. The maximum atomic E-state index is 13.4. The molecule has 0 heterocycles. The van der Waals surface area contributed by atoms with E-state index in [2.05, 4.69) is 5.32 Å². The zero-order valence-electron chi connectivity index (χ0n) is 10.2. The molecule has 19 heavy (non-hydrogen) atoms. The Bertz CT molecular complexity index is 557. The van der Waals surface area contributed by atoms with Gasteiger partial charge in [0.15, 0.2) is 6.10 Å². The van der Waals surface area contributed by atoms with Crippen LogP contribution < -0.4 is 5.32 Å². The number of hydrogen-bond acceptors (Lipinski definition) is 2. The summed E-state index contributed by atoms with van der Waals surface area (Å²) in [6, 6.07) is 15.0. The number of rotatable bonds is 4. The summed E-state index contributed by atoms with van der Waals surface area (Å²) >= 11 is 0. The molecule has 1 atom stereocenters. The van der Waals surface area contributed by atoms with Crippen molar-refractivity contribution in [3.63, 3.8) is 0 Å². The lowest BCUT2D eigenvalue weighted by atomic mass is 10.1. The van der Waals surface area contributed by atoms with E-state index in [1.807, 2.05) is 30.3 Å². The normalized spacial score (nSPS) is 11.9. The summed E-state index contributed by atoms with van der Waals surface area (Å²) in [5.74, 6) is -1.21. The molecule has 0 aliphatic rings. The van der Waals surface area contributed by atoms with E-state index in [0.717, 1.165) is 5.56 Å². The first kappa shape index (κ1) is 13.2. The molecular weight excluding hydrogens is 245 g/mol. The zero-order valence-corrected chi connectivity index (χ0v) is 10.2. The summed E-state index contributed by atoms with van der Waals surface area (Å²) < 4.78 is 13.4. The van der Waals surface area contributed by atoms with Gasteiger partial charge in [0.05, 0.1) is 0 Å². The number of aliphatic hydroxyl groups excluding tert-OH is 1. The van der Waals surface area contributed by atoms with Crippen molar-refractivity contribution in [2.45, 2.75) is 12.6 Å². The molecule has 2 rings (SSSR count). The third kappa shape index (κ3) is 3.39. The molecule has 0 radical (unpaired) electrons. The highest BCUT2D eigenvalue weighted by Gasteiger charge is 2.19. The second-order valence-electron chi connectivity index (χ2n) is 4.13. The van der Waals surface area contributed by atoms with Crippen molar-refractivity contribution in [3.05, 3.63) is 71.5 Å². The number of hydrogen-bond donors (Lipinski definition) is 2. The van der Waals surface area contributed by atoms with Crippen LogP contribution in [0.15, 0.2) is 54.6 Å². The van der Waals surface area contributed by atoms with Gasteiger partial charge in [0, 0.05) is 12.1 Å². The first-order valence-corrected chi connectivity index (χ1v) is 5.92. The van der Waals surface area contributed by atoms with Gasteiger partial charge in [0.2, 0.25) is 0 Å². The number of halogens is 1. The molecular formula is C15H14FNO2. The van der Waals surface area contributed by atoms with E-state index in [0.29, 0.717) is 6.54 Å². The molecule has 0 saturated carbocycles. The average Bonchev–Trinajstić information content (AvgIpc) is 2.45. The monoisotopic (exact) mass is 259 g/mol. The third-order valence-electron chi connectivity index (χ3n) is 2.76. The molecule has 0 aliphatic heterocycles. The van der Waals surface area contributed by atoms with Gasteiger partial charge >= 0.3 is 0 Å². The highest BCUT2D eigenvalue weighted by atomic mass is 19.1. The molecule has 0 bridgehead atoms. The van der Waals surface area contributed by atoms with Gasteiger partial charge in [-0.05, 0) is 11.6 Å². The van der Waals surface area contributed by atoms with Crippen LogP contribution in [0.3, 0.4) is 0 Å². The zero-order chi connectivity index (χ0) is 13.7. The predicted octanol–water partition coefficient (Wildman–Crippen LogP) is 2.18. The van der Waals surface area contributed by atoms with Crippen molar-refractivity contribution < 1.29 is 14.3 Å². The molecule has 1 amide bonds. The Kier molecular flexibility index (Phi) is 4.26. The van der Waals surface area contributed by atoms with Crippen LogP contribution in [0.25, 0.3) is 0 Å². The van der Waals surface area contributed by atoms with Crippen LogP contribution >= 0.6 is 0 Å². The van der Waals surface area contributed by atoms with Crippen LogP contribution in [0.4, 0.5) is 4.39 Å². The molecule has 2 N–H and O–H groups in total. The Morgan fingerprint density at radius 1 is 1.11 bits per heavy atom. The Balaban J connectivity index is 1.99. The van der Waals surface area contributed by atoms with Crippen LogP contribution in [0.1, 0.15) is 17.2 Å². The van der Waals surface area contributed by atoms with Crippen LogP contribution in [-0.2, 0) is 11.3 Å². The molecule has 0 aliphatic carbocycles. The van der Waals surface area contributed by atoms with Crippen molar-refractivity contribution in [1.29, 1.82) is 0 Å². The summed E-state index contributed by atoms with van der Waals surface area (Å²) in [5, 5.41) is 12.4. The molecule has 2 aromatic rings. The van der Waals surface area contributed by atoms with Crippen molar-refractivity contribution >= 4 is 5.91 Å². The predicted molar refractivity (Wildman–Crippen MR) is 69.6 cm³/mol. The minimum absolute atomic E-state index is 0.0203. The molecule has 3 nitrogen and oxygen atoms in total. The topological polar surface area (TPSA) is 49.3 Å². The van der Waals surface area contributed by atoms with E-state index in [9.17, 15) is 14.3 Å². The lowest BCUT2D eigenvalue weighted by molar-refractivity contribution is -0.129. The van der Waals surface area contributed by atoms with Crippen LogP contribution in [0, 0.1) is 5.82 Å². The fourth-order valence-electron chi connectivity index (χ4n) is 1.72. The van der Waals surface area contributed by atoms with Crippen molar-refractivity contribution in [2.75, 3.05) is 0 Å². The van der Waals surface area contributed by atoms with E-state index >= 15 is 0 Å². The molecule has 0 fully saturated rings. The lowest BCUT2D eigenvalue weighted by Crippen LogP contribution is -2.29. The second kappa shape index (κ2) is 6.11. The molecule has 0 saturated heterocycles. The number of amides is 1. The van der Waals surface area contributed by atoms with Crippen molar-refractivity contribution in [3.8, 4) is 0 Å². The highest BCUT2D eigenvalue weighted by Crippen LogP contribution is 2.16. The standard InChI is InChI=1S/C15H14FNO2/c16-13-9-5-4-8-12(13)14(18)15(19)17-10-11-6-2-1-3-7-11/h1-9,14,18H,10H2,(H,17,19). The lowest BCUT2D eigenvalue weighted by Gasteiger charge is -2.12. The maximum Gasteiger partial charge on any atom is 0.253 e. The summed E-state index contributed by atoms with van der Waals surface area (Å²) in [7, 11) is 0. The largest absolute Gasteiger partial charge is 0.378 e. The van der Waals surface area contributed by atoms with Crippen LogP contribution in [0.2, 0.25) is 0 Å². The first-order valence-electron chi connectivity index (χ1n) is 5.92. The summed E-state index contributed by atoms with van der Waals surface area (Å²) in [6.07, 6.45) is -1.50. The van der Waals surface area contributed by atoms with E-state index in [1.54, 1.807) is 6.07 Å². The minimum atomic E-state index is -1.50. The van der Waals surface area contributed by atoms with Crippen molar-refractivity contribution in [2.24, 2.45) is 0 Å². The summed E-state index contributed by atoms with van der Waals surface area (Å²) in [5.41, 5.74) is 0.893. The van der Waals surface area contributed by atoms with Gasteiger partial charge in [-0.3, -0.25) is 4.79 Å². The number of carbonyl (C=O) groups is 1. The quantitative estimate of drug-likeness (QED) is 0.884. The molecule has 2 aromatic carbocycles. The van der Waals surface area contributed by atoms with Gasteiger partial charge in [-0.15, -0.1) is 0 Å². The summed E-state index contributed by atoms with van der Waals surface area (Å²) in [6.45, 7) is 0.297. The fourth-order valence-corrected chi connectivity index (χ4v) is 1.72. The number of aliphatic hydroxyl groups is 1. The first-order chi connectivity index (χ1) is 9.18. The fraction of sp³-hybridized carbons (Fsp3) is 0.133. The molecule has 1 unspecified atom stereocenters. The van der Waals surface area contributed by atoms with Gasteiger partial charge < -0.3 is 10.4 Å². The van der Waals surface area contributed by atoms with Gasteiger partial charge in [0.1, 0.15) is 5.82 Å². The van der Waals surface area contributed by atoms with E-state index in [1.165, 1.54) is 18.2 Å². The number of benzene rings is 2. The number of carbonyl (C=O) groups excluding carboxylic acids is 1. The molecule has 98 valence electrons. The molecule has 0 spiro atoms. The third-order valence-corrected chi connectivity index (χ3v) is 2.76. The van der Waals surface area contributed by atoms with Gasteiger partial charge in [-0.2, -0.15) is 0 Å². The summed E-state index contributed by atoms with van der Waals surface area (Å²) in [4.78, 5) is 11.7. The maximum absolute atomic E-state index is 13.4. The Labute approximate surface area is 110 Å². The Morgan fingerprint density at radius 2 is 1.74 bits per heavy atom. The van der Waals surface area contributed by atoms with E-state index in [-0.39, 0.29) is 5.56 Å². The number of nitrogens with one attached hydrogen (secondary N) is 1. The van der Waals surface area contributed by atoms with Crippen molar-refractivity contribution in [1.82, 2.24) is 5.32 Å². The van der Waals surface area contributed by atoms with Gasteiger partial charge in [-0.25, -0.2) is 4.39 Å². The second-order valence-corrected chi connectivity index (χ2v) is 4.13. The molecule has 4 heteroatoms. The van der Waals surface area contributed by atoms with E-state index in [4.69, 9.17) is 0 Å². The smallest absolute Gasteiger partial charge is 0.253 e. The van der Waals surface area contributed by atoms with Gasteiger partial charge in [0.25, 0.3) is 5.91 Å². The van der Waals surface area contributed by atoms with Gasteiger partial charge in [-0.1, -0.05) is 48.5 Å². The average molecular weight is 259 g/mol. The van der Waals surface area contributed by atoms with E-state index < -0.39 is 17.8 Å².